The summed E-state index contributed by atoms with van der Waals surface area (Å²) in [7, 11) is -4.67. The maximum absolute atomic E-state index is 9.08. The third kappa shape index (κ3) is 9.81. The van der Waals surface area contributed by atoms with Gasteiger partial charge in [0, 0.05) is 6.54 Å². The molecule has 0 radical (unpaired) electrons. The second-order valence-electron chi connectivity index (χ2n) is 3.08. The van der Waals surface area contributed by atoms with Crippen LogP contribution in [0.4, 0.5) is 5.69 Å². The molecule has 0 aliphatic rings. The van der Waals surface area contributed by atoms with Crippen molar-refractivity contribution in [2.24, 2.45) is 0 Å². The van der Waals surface area contributed by atoms with Gasteiger partial charge < -0.3 is 15.7 Å². The van der Waals surface area contributed by atoms with E-state index in [1.54, 1.807) is 12.1 Å². The molecule has 0 spiro atoms. The minimum atomic E-state index is -4.67. The van der Waals surface area contributed by atoms with E-state index in [4.69, 9.17) is 33.2 Å². The summed E-state index contributed by atoms with van der Waals surface area (Å²) in [4.78, 5) is 0. The van der Waals surface area contributed by atoms with E-state index in [9.17, 15) is 0 Å². The second-order valence-corrected chi connectivity index (χ2v) is 3.98. The number of para-hydroxylation sites is 2. The highest BCUT2D eigenvalue weighted by Crippen LogP contribution is 2.19. The summed E-state index contributed by atoms with van der Waals surface area (Å²) < 4.78 is 36.8. The summed E-state index contributed by atoms with van der Waals surface area (Å²) in [6.45, 7) is 2.48. The third-order valence-electron chi connectivity index (χ3n) is 1.65. The van der Waals surface area contributed by atoms with Gasteiger partial charge >= 0.3 is 10.4 Å². The topological polar surface area (TPSA) is 133 Å². The zero-order valence-electron chi connectivity index (χ0n) is 9.72. The largest absolute Gasteiger partial charge is 0.474 e. The highest BCUT2D eigenvalue weighted by molar-refractivity contribution is 7.79. The third-order valence-corrected chi connectivity index (χ3v) is 1.65. The molecule has 0 bridgehead atoms. The molecule has 0 unspecified atom stereocenters. The van der Waals surface area contributed by atoms with Gasteiger partial charge in [0.05, 0.1) is 5.69 Å². The summed E-state index contributed by atoms with van der Waals surface area (Å²) >= 11 is 0. The number of anilines is 1. The van der Waals surface area contributed by atoms with Gasteiger partial charge in [-0.1, -0.05) is 12.1 Å². The van der Waals surface area contributed by atoms with Gasteiger partial charge in [0.1, 0.15) is 5.75 Å². The Hall–Kier alpha value is -1.39. The van der Waals surface area contributed by atoms with Gasteiger partial charge in [0.2, 0.25) is 0 Å². The van der Waals surface area contributed by atoms with E-state index in [0.717, 1.165) is 5.06 Å². The molecule has 8 nitrogen and oxygen atoms in total. The molecule has 0 aliphatic heterocycles. The summed E-state index contributed by atoms with van der Waals surface area (Å²) in [5, 5.41) is 10.1. The van der Waals surface area contributed by atoms with E-state index >= 15 is 0 Å². The van der Waals surface area contributed by atoms with E-state index < -0.39 is 10.4 Å². The van der Waals surface area contributed by atoms with E-state index in [1.165, 1.54) is 0 Å². The van der Waals surface area contributed by atoms with Crippen LogP contribution in [0.2, 0.25) is 0 Å². The van der Waals surface area contributed by atoms with E-state index in [1.807, 2.05) is 19.1 Å². The lowest BCUT2D eigenvalue weighted by Crippen LogP contribution is -2.24. The van der Waals surface area contributed by atoms with Gasteiger partial charge in [0.15, 0.2) is 6.73 Å². The van der Waals surface area contributed by atoms with Crippen molar-refractivity contribution < 1.29 is 27.5 Å². The molecule has 0 saturated heterocycles. The normalized spacial score (nSPS) is 10.7. The molecular formula is C9H16N2O6S. The lowest BCUT2D eigenvalue weighted by Gasteiger charge is -2.14. The van der Waals surface area contributed by atoms with Crippen LogP contribution in [0, 0.1) is 0 Å². The van der Waals surface area contributed by atoms with Crippen molar-refractivity contribution in [1.29, 1.82) is 0 Å². The first kappa shape index (κ1) is 16.6. The Balaban J connectivity index is 0.000000494. The quantitative estimate of drug-likeness (QED) is 0.273. The van der Waals surface area contributed by atoms with Crippen molar-refractivity contribution >= 4 is 16.1 Å². The number of nitrogens with two attached hydrogens (primary N) is 1. The van der Waals surface area contributed by atoms with E-state index in [-0.39, 0.29) is 6.73 Å². The summed E-state index contributed by atoms with van der Waals surface area (Å²) in [5.74, 6) is 0.593. The van der Waals surface area contributed by atoms with Crippen LogP contribution in [0.5, 0.6) is 5.75 Å². The van der Waals surface area contributed by atoms with Crippen molar-refractivity contribution in [2.45, 2.75) is 6.92 Å². The number of nitrogens with zero attached hydrogens (tertiary/aromatic N) is 1. The smallest absolute Gasteiger partial charge is 0.394 e. The highest BCUT2D eigenvalue weighted by Gasteiger charge is 2.00. The Bertz CT molecular complexity index is 442. The number of hydroxylamine groups is 2. The van der Waals surface area contributed by atoms with Crippen LogP contribution in [0.25, 0.3) is 0 Å². The van der Waals surface area contributed by atoms with Gasteiger partial charge in [-0.15, -0.1) is 0 Å². The minimum Gasteiger partial charge on any atom is -0.474 e. The first-order valence-corrected chi connectivity index (χ1v) is 6.24. The molecule has 1 rings (SSSR count). The van der Waals surface area contributed by atoms with Crippen molar-refractivity contribution in [3.63, 3.8) is 0 Å². The Morgan fingerprint density at radius 3 is 2.28 bits per heavy atom. The predicted octanol–water partition coefficient (Wildman–Crippen LogP) is 0.663. The molecule has 1 aromatic carbocycles. The number of hydrogen-bond acceptors (Lipinski definition) is 6. The molecule has 104 valence electrons. The summed E-state index contributed by atoms with van der Waals surface area (Å²) in [5.41, 5.74) is 6.20. The lowest BCUT2D eigenvalue weighted by molar-refractivity contribution is -0.130. The van der Waals surface area contributed by atoms with Crippen LogP contribution in [-0.2, 0) is 10.4 Å². The van der Waals surface area contributed by atoms with Gasteiger partial charge in [-0.25, -0.2) is 0 Å². The number of benzene rings is 1. The number of rotatable bonds is 4. The minimum absolute atomic E-state index is 0.130. The van der Waals surface area contributed by atoms with Gasteiger partial charge in [0.25, 0.3) is 0 Å². The van der Waals surface area contributed by atoms with Crippen molar-refractivity contribution in [3.05, 3.63) is 24.3 Å². The van der Waals surface area contributed by atoms with Gasteiger partial charge in [-0.3, -0.25) is 9.11 Å². The number of ether oxygens (including phenoxy) is 1. The molecule has 0 aromatic heterocycles. The molecular weight excluding hydrogens is 264 g/mol. The van der Waals surface area contributed by atoms with Gasteiger partial charge in [-0.2, -0.15) is 13.5 Å². The zero-order valence-corrected chi connectivity index (χ0v) is 10.5. The SMILES string of the molecule is CCN(O)COc1ccccc1N.O=S(=O)(O)O. The van der Waals surface area contributed by atoms with Crippen molar-refractivity contribution in [1.82, 2.24) is 5.06 Å². The highest BCUT2D eigenvalue weighted by atomic mass is 32.3. The first-order valence-electron chi connectivity index (χ1n) is 4.85. The molecule has 0 saturated carbocycles. The molecule has 0 amide bonds. The number of nitrogen functional groups attached to an aromatic ring is 1. The average molecular weight is 280 g/mol. The fourth-order valence-corrected chi connectivity index (χ4v) is 0.847. The maximum Gasteiger partial charge on any atom is 0.394 e. The van der Waals surface area contributed by atoms with E-state index in [2.05, 4.69) is 0 Å². The van der Waals surface area contributed by atoms with Crippen LogP contribution < -0.4 is 10.5 Å². The van der Waals surface area contributed by atoms with Gasteiger partial charge in [-0.05, 0) is 19.1 Å². The average Bonchev–Trinajstić information content (AvgIpc) is 2.25. The Kier molecular flexibility index (Phi) is 7.24. The van der Waals surface area contributed by atoms with Crippen molar-refractivity contribution in [3.8, 4) is 5.75 Å². The molecule has 0 heterocycles. The molecule has 0 atom stereocenters. The Morgan fingerprint density at radius 2 is 1.83 bits per heavy atom. The molecule has 0 aliphatic carbocycles. The number of hydrogen-bond donors (Lipinski definition) is 4. The molecule has 5 N–H and O–H groups in total. The van der Waals surface area contributed by atoms with Crippen molar-refractivity contribution in [2.75, 3.05) is 19.0 Å². The van der Waals surface area contributed by atoms with Crippen LogP contribution in [0.1, 0.15) is 6.92 Å². The monoisotopic (exact) mass is 280 g/mol. The summed E-state index contributed by atoms with van der Waals surface area (Å²) in [6.07, 6.45) is 0. The summed E-state index contributed by atoms with van der Waals surface area (Å²) in [6, 6.07) is 7.18. The van der Waals surface area contributed by atoms with E-state index in [0.29, 0.717) is 18.0 Å². The Labute approximate surface area is 105 Å². The fraction of sp³-hybridized carbons (Fsp3) is 0.333. The first-order chi connectivity index (χ1) is 8.24. The lowest BCUT2D eigenvalue weighted by atomic mass is 10.3. The zero-order chi connectivity index (χ0) is 14.2. The predicted molar refractivity (Wildman–Crippen MR) is 64.7 cm³/mol. The maximum atomic E-state index is 9.08. The molecule has 0 fully saturated rings. The molecule has 18 heavy (non-hydrogen) atoms. The van der Waals surface area contributed by atoms with Crippen LogP contribution in [0.3, 0.4) is 0 Å². The second kappa shape index (κ2) is 7.84. The van der Waals surface area contributed by atoms with Crippen LogP contribution in [-0.4, -0.2) is 41.1 Å². The van der Waals surface area contributed by atoms with Crippen LogP contribution >= 0.6 is 0 Å². The Morgan fingerprint density at radius 1 is 1.33 bits per heavy atom. The van der Waals surface area contributed by atoms with Crippen LogP contribution in [0.15, 0.2) is 24.3 Å². The fourth-order valence-electron chi connectivity index (χ4n) is 0.847. The molecule has 1 aromatic rings. The standard InChI is InChI=1S/C9H14N2O2.H2O4S/c1-2-11(12)7-13-9-6-4-3-5-8(9)10;1-5(2,3)4/h3-6,12H,2,7,10H2,1H3;(H2,1,2,3,4). The molecule has 9 heteroatoms.